The fourth-order valence-electron chi connectivity index (χ4n) is 1.59. The summed E-state index contributed by atoms with van der Waals surface area (Å²) >= 11 is 0. The molecule has 0 bridgehead atoms. The lowest BCUT2D eigenvalue weighted by atomic mass is 9.96. The van der Waals surface area contributed by atoms with E-state index in [9.17, 15) is 14.7 Å². The molecule has 18 heavy (non-hydrogen) atoms. The molecule has 0 fully saturated rings. The zero-order valence-electron chi connectivity index (χ0n) is 10.3. The third kappa shape index (κ3) is 2.93. The van der Waals surface area contributed by atoms with Crippen molar-refractivity contribution in [3.8, 4) is 0 Å². The smallest absolute Gasteiger partial charge is 0.329 e. The summed E-state index contributed by atoms with van der Waals surface area (Å²) in [4.78, 5) is 30.1. The van der Waals surface area contributed by atoms with Gasteiger partial charge in [0.05, 0.1) is 0 Å². The molecule has 0 aliphatic heterocycles. The molecule has 0 radical (unpaired) electrons. The molecule has 1 aromatic heterocycles. The summed E-state index contributed by atoms with van der Waals surface area (Å²) in [7, 11) is 0. The Hall–Kier alpha value is -2.18. The predicted octanol–water partition coefficient (Wildman–Crippen LogP) is 0.631. The number of carboxylic acids is 1. The Labute approximate surface area is 104 Å². The minimum Gasteiger partial charge on any atom is -0.480 e. The first-order valence-corrected chi connectivity index (χ1v) is 5.53. The number of nitrogens with one attached hydrogen (secondary N) is 1. The van der Waals surface area contributed by atoms with E-state index in [0.717, 1.165) is 0 Å². The van der Waals surface area contributed by atoms with Crippen LogP contribution in [-0.2, 0) is 4.79 Å². The van der Waals surface area contributed by atoms with Crippen molar-refractivity contribution in [3.05, 3.63) is 18.1 Å². The van der Waals surface area contributed by atoms with Crippen LogP contribution in [0.2, 0.25) is 0 Å². The first-order chi connectivity index (χ1) is 8.40. The van der Waals surface area contributed by atoms with Gasteiger partial charge in [-0.05, 0) is 13.3 Å². The van der Waals surface area contributed by atoms with Crippen molar-refractivity contribution in [2.45, 2.75) is 32.2 Å². The van der Waals surface area contributed by atoms with Crippen molar-refractivity contribution in [3.63, 3.8) is 0 Å². The van der Waals surface area contributed by atoms with Crippen LogP contribution in [0.1, 0.15) is 37.2 Å². The van der Waals surface area contributed by atoms with Crippen LogP contribution in [-0.4, -0.2) is 32.5 Å². The molecule has 0 saturated carbocycles. The molecule has 7 heteroatoms. The topological polar surface area (TPSA) is 118 Å². The maximum Gasteiger partial charge on any atom is 0.329 e. The van der Waals surface area contributed by atoms with Gasteiger partial charge in [-0.2, -0.15) is 0 Å². The lowest BCUT2D eigenvalue weighted by molar-refractivity contribution is -0.142. The number of hydrogen-bond donors (Lipinski definition) is 3. The van der Waals surface area contributed by atoms with Gasteiger partial charge < -0.3 is 16.2 Å². The first-order valence-electron chi connectivity index (χ1n) is 5.53. The molecule has 4 N–H and O–H groups in total. The highest BCUT2D eigenvalue weighted by Crippen LogP contribution is 2.20. The van der Waals surface area contributed by atoms with Gasteiger partial charge in [0.1, 0.15) is 5.54 Å². The summed E-state index contributed by atoms with van der Waals surface area (Å²) in [5, 5.41) is 12.0. The van der Waals surface area contributed by atoms with Gasteiger partial charge >= 0.3 is 5.97 Å². The standard InChI is InChI=1S/C11H16N4O3/c1-3-4-11(2,10(17)18)15-9-7(8(12)16)13-5-6-14-9/h5-6H,3-4H2,1-2H3,(H2,12,16)(H,14,15)(H,17,18). The highest BCUT2D eigenvalue weighted by Gasteiger charge is 2.33. The summed E-state index contributed by atoms with van der Waals surface area (Å²) in [5.74, 6) is -1.69. The highest BCUT2D eigenvalue weighted by molar-refractivity contribution is 5.96. The average molecular weight is 252 g/mol. The molecule has 1 amide bonds. The van der Waals surface area contributed by atoms with Crippen molar-refractivity contribution in [1.82, 2.24) is 9.97 Å². The van der Waals surface area contributed by atoms with E-state index in [1.807, 2.05) is 6.92 Å². The van der Waals surface area contributed by atoms with Gasteiger partial charge in [-0.15, -0.1) is 0 Å². The highest BCUT2D eigenvalue weighted by atomic mass is 16.4. The number of rotatable bonds is 6. The molecule has 1 aromatic rings. The molecule has 0 saturated heterocycles. The maximum absolute atomic E-state index is 11.3. The van der Waals surface area contributed by atoms with Crippen molar-refractivity contribution in [2.24, 2.45) is 5.73 Å². The molecule has 1 heterocycles. The fourth-order valence-corrected chi connectivity index (χ4v) is 1.59. The summed E-state index contributed by atoms with van der Waals surface area (Å²) in [6.45, 7) is 3.40. The number of aliphatic carboxylic acids is 1. The van der Waals surface area contributed by atoms with E-state index in [2.05, 4.69) is 15.3 Å². The molecule has 1 unspecified atom stereocenters. The second-order valence-electron chi connectivity index (χ2n) is 4.13. The summed E-state index contributed by atoms with van der Waals surface area (Å²) < 4.78 is 0. The van der Waals surface area contributed by atoms with Crippen molar-refractivity contribution >= 4 is 17.7 Å². The SMILES string of the molecule is CCCC(C)(Nc1nccnc1C(N)=O)C(=O)O. The quantitative estimate of drug-likeness (QED) is 0.683. The second-order valence-corrected chi connectivity index (χ2v) is 4.13. The number of carbonyl (C=O) groups excluding carboxylic acids is 1. The number of primary amides is 1. The van der Waals surface area contributed by atoms with Crippen LogP contribution >= 0.6 is 0 Å². The Kier molecular flexibility index (Phi) is 4.19. The normalized spacial score (nSPS) is 13.7. The molecule has 0 spiro atoms. The fraction of sp³-hybridized carbons (Fsp3) is 0.455. The minimum absolute atomic E-state index is 0.0684. The zero-order chi connectivity index (χ0) is 13.8. The average Bonchev–Trinajstić information content (AvgIpc) is 2.29. The van der Waals surface area contributed by atoms with Crippen LogP contribution in [0.4, 0.5) is 5.82 Å². The van der Waals surface area contributed by atoms with E-state index >= 15 is 0 Å². The van der Waals surface area contributed by atoms with E-state index < -0.39 is 17.4 Å². The van der Waals surface area contributed by atoms with E-state index in [4.69, 9.17) is 5.73 Å². The molecule has 0 aliphatic carbocycles. The Bertz CT molecular complexity index is 463. The van der Waals surface area contributed by atoms with E-state index in [-0.39, 0.29) is 11.5 Å². The van der Waals surface area contributed by atoms with Crippen LogP contribution in [0.5, 0.6) is 0 Å². The van der Waals surface area contributed by atoms with Gasteiger partial charge in [0, 0.05) is 12.4 Å². The molecular formula is C11H16N4O3. The van der Waals surface area contributed by atoms with Crippen LogP contribution < -0.4 is 11.1 Å². The number of carbonyl (C=O) groups is 2. The van der Waals surface area contributed by atoms with Gasteiger partial charge in [-0.3, -0.25) is 4.79 Å². The van der Waals surface area contributed by atoms with Crippen LogP contribution in [0.25, 0.3) is 0 Å². The Morgan fingerprint density at radius 2 is 2.06 bits per heavy atom. The van der Waals surface area contributed by atoms with E-state index in [1.165, 1.54) is 19.3 Å². The summed E-state index contributed by atoms with van der Waals surface area (Å²) in [6.07, 6.45) is 3.74. The second kappa shape index (κ2) is 5.44. The first kappa shape index (κ1) is 13.9. The van der Waals surface area contributed by atoms with Gasteiger partial charge in [0.15, 0.2) is 11.5 Å². The Balaban J connectivity index is 3.08. The lowest BCUT2D eigenvalue weighted by Crippen LogP contribution is -2.44. The maximum atomic E-state index is 11.3. The van der Waals surface area contributed by atoms with Crippen LogP contribution in [0.15, 0.2) is 12.4 Å². The van der Waals surface area contributed by atoms with E-state index in [1.54, 1.807) is 0 Å². The van der Waals surface area contributed by atoms with Gasteiger partial charge in [-0.25, -0.2) is 14.8 Å². The number of amides is 1. The number of aromatic nitrogens is 2. The molecule has 0 aromatic carbocycles. The molecule has 1 rings (SSSR count). The summed E-state index contributed by atoms with van der Waals surface area (Å²) in [6, 6.07) is 0. The minimum atomic E-state index is -1.21. The largest absolute Gasteiger partial charge is 0.480 e. The Morgan fingerprint density at radius 1 is 1.44 bits per heavy atom. The third-order valence-corrected chi connectivity index (χ3v) is 2.55. The number of nitrogens with two attached hydrogens (primary N) is 1. The number of nitrogens with zero attached hydrogens (tertiary/aromatic N) is 2. The number of hydrogen-bond acceptors (Lipinski definition) is 5. The third-order valence-electron chi connectivity index (χ3n) is 2.55. The molecular weight excluding hydrogens is 236 g/mol. The van der Waals surface area contributed by atoms with Crippen LogP contribution in [0, 0.1) is 0 Å². The van der Waals surface area contributed by atoms with Crippen molar-refractivity contribution in [2.75, 3.05) is 5.32 Å². The molecule has 98 valence electrons. The van der Waals surface area contributed by atoms with Crippen molar-refractivity contribution in [1.29, 1.82) is 0 Å². The lowest BCUT2D eigenvalue weighted by Gasteiger charge is -2.26. The van der Waals surface area contributed by atoms with Gasteiger partial charge in [0.2, 0.25) is 0 Å². The number of carboxylic acid groups (broad SMARTS) is 1. The monoisotopic (exact) mass is 252 g/mol. The molecule has 7 nitrogen and oxygen atoms in total. The molecule has 0 aliphatic rings. The predicted molar refractivity (Wildman–Crippen MR) is 65.1 cm³/mol. The van der Waals surface area contributed by atoms with Gasteiger partial charge in [-0.1, -0.05) is 13.3 Å². The Morgan fingerprint density at radius 3 is 2.56 bits per heavy atom. The van der Waals surface area contributed by atoms with Crippen molar-refractivity contribution < 1.29 is 14.7 Å². The molecule has 1 atom stereocenters. The van der Waals surface area contributed by atoms with Gasteiger partial charge in [0.25, 0.3) is 5.91 Å². The summed E-state index contributed by atoms with van der Waals surface area (Å²) in [5.41, 5.74) is 3.87. The number of anilines is 1. The van der Waals surface area contributed by atoms with Crippen LogP contribution in [0.3, 0.4) is 0 Å². The van der Waals surface area contributed by atoms with E-state index in [0.29, 0.717) is 12.8 Å². The zero-order valence-corrected chi connectivity index (χ0v) is 10.3.